The van der Waals surface area contributed by atoms with Crippen molar-refractivity contribution in [1.29, 1.82) is 0 Å². The minimum absolute atomic E-state index is 0.00919. The number of aryl methyl sites for hydroxylation is 2. The van der Waals surface area contributed by atoms with E-state index in [9.17, 15) is 13.2 Å². The average molecular weight is 436 g/mol. The van der Waals surface area contributed by atoms with Crippen molar-refractivity contribution in [3.63, 3.8) is 0 Å². The van der Waals surface area contributed by atoms with Crippen LogP contribution in [0, 0.1) is 13.8 Å². The quantitative estimate of drug-likeness (QED) is 0.717. The number of ether oxygens (including phenoxy) is 1. The Bertz CT molecular complexity index is 950. The molecule has 0 unspecified atom stereocenters. The van der Waals surface area contributed by atoms with Gasteiger partial charge in [0.2, 0.25) is 15.9 Å². The number of methoxy groups -OCH3 is 1. The zero-order valence-corrected chi connectivity index (χ0v) is 18.5. The Kier molecular flexibility index (Phi) is 7.14. The molecular weight excluding hydrogens is 406 g/mol. The van der Waals surface area contributed by atoms with Gasteiger partial charge >= 0.3 is 0 Å². The fourth-order valence-electron chi connectivity index (χ4n) is 3.95. The van der Waals surface area contributed by atoms with Crippen LogP contribution in [0.2, 0.25) is 0 Å². The molecule has 0 spiro atoms. The molecule has 3 rings (SSSR count). The first-order valence-electron chi connectivity index (χ1n) is 10.2. The predicted molar refractivity (Wildman–Crippen MR) is 112 cm³/mol. The molecule has 2 aromatic rings. The number of sulfonamides is 1. The second-order valence-electron chi connectivity index (χ2n) is 7.53. The van der Waals surface area contributed by atoms with Gasteiger partial charge in [0.25, 0.3) is 0 Å². The summed E-state index contributed by atoms with van der Waals surface area (Å²) in [5, 5.41) is 3.69. The van der Waals surface area contributed by atoms with Crippen LogP contribution in [-0.2, 0) is 14.8 Å². The molecule has 164 valence electrons. The molecule has 9 heteroatoms. The van der Waals surface area contributed by atoms with E-state index in [1.165, 1.54) is 0 Å². The number of likely N-dealkylation sites (tertiary alicyclic amines) is 1. The van der Waals surface area contributed by atoms with Crippen LogP contribution in [0.15, 0.2) is 33.7 Å². The summed E-state index contributed by atoms with van der Waals surface area (Å²) >= 11 is 0. The van der Waals surface area contributed by atoms with Gasteiger partial charge in [-0.2, -0.15) is 0 Å². The normalized spacial score (nSPS) is 17.6. The summed E-state index contributed by atoms with van der Waals surface area (Å²) in [5.74, 6) is 0.955. The molecule has 1 aliphatic rings. The molecule has 1 atom stereocenters. The summed E-state index contributed by atoms with van der Waals surface area (Å²) < 4.78 is 37.8. The Morgan fingerprint density at radius 1 is 1.23 bits per heavy atom. The molecule has 1 aromatic heterocycles. The first kappa shape index (κ1) is 22.3. The second kappa shape index (κ2) is 9.61. The zero-order valence-electron chi connectivity index (χ0n) is 17.7. The standard InChI is InChI=1S/C21H29N3O5S/c1-15-21(16(2)29-23-15)30(26,27)22-13-12-20(25)24-14-6-4-5-7-19(24)17-8-10-18(28-3)11-9-17/h8-11,19,22H,4-7,12-14H2,1-3H3/t19-/m1/s1. The highest BCUT2D eigenvalue weighted by atomic mass is 32.2. The Morgan fingerprint density at radius 2 is 1.97 bits per heavy atom. The van der Waals surface area contributed by atoms with Crippen LogP contribution in [0.25, 0.3) is 0 Å². The lowest BCUT2D eigenvalue weighted by molar-refractivity contribution is -0.133. The van der Waals surface area contributed by atoms with Crippen molar-refractivity contribution < 1.29 is 22.5 Å². The lowest BCUT2D eigenvalue weighted by Crippen LogP contribution is -2.37. The number of nitrogens with zero attached hydrogens (tertiary/aromatic N) is 2. The third-order valence-corrected chi connectivity index (χ3v) is 7.15. The topological polar surface area (TPSA) is 102 Å². The van der Waals surface area contributed by atoms with Gasteiger partial charge in [-0.05, 0) is 44.4 Å². The van der Waals surface area contributed by atoms with E-state index in [2.05, 4.69) is 9.88 Å². The molecule has 0 radical (unpaired) electrons. The zero-order chi connectivity index (χ0) is 21.7. The van der Waals surface area contributed by atoms with Crippen molar-refractivity contribution in [2.75, 3.05) is 20.2 Å². The summed E-state index contributed by atoms with van der Waals surface area (Å²) in [6, 6.07) is 7.79. The highest BCUT2D eigenvalue weighted by molar-refractivity contribution is 7.89. The number of amides is 1. The highest BCUT2D eigenvalue weighted by Gasteiger charge is 2.28. The molecule has 30 heavy (non-hydrogen) atoms. The van der Waals surface area contributed by atoms with Crippen molar-refractivity contribution in [3.8, 4) is 5.75 Å². The molecule has 1 N–H and O–H groups in total. The van der Waals surface area contributed by atoms with E-state index in [0.717, 1.165) is 37.0 Å². The lowest BCUT2D eigenvalue weighted by atomic mass is 10.0. The van der Waals surface area contributed by atoms with Gasteiger partial charge in [-0.3, -0.25) is 4.79 Å². The van der Waals surface area contributed by atoms with Gasteiger partial charge in [-0.15, -0.1) is 0 Å². The van der Waals surface area contributed by atoms with Gasteiger partial charge in [0.1, 0.15) is 16.3 Å². The summed E-state index contributed by atoms with van der Waals surface area (Å²) in [4.78, 5) is 14.9. The van der Waals surface area contributed by atoms with Crippen LogP contribution < -0.4 is 9.46 Å². The lowest BCUT2D eigenvalue weighted by Gasteiger charge is -2.31. The number of nitrogens with one attached hydrogen (secondary N) is 1. The minimum Gasteiger partial charge on any atom is -0.497 e. The molecule has 1 amide bonds. The number of rotatable bonds is 7. The van der Waals surface area contributed by atoms with Gasteiger partial charge < -0.3 is 14.2 Å². The summed E-state index contributed by atoms with van der Waals surface area (Å²) in [5.41, 5.74) is 1.38. The smallest absolute Gasteiger partial charge is 0.245 e. The summed E-state index contributed by atoms with van der Waals surface area (Å²) in [6.07, 6.45) is 4.07. The molecule has 0 bridgehead atoms. The van der Waals surface area contributed by atoms with E-state index in [0.29, 0.717) is 12.2 Å². The highest BCUT2D eigenvalue weighted by Crippen LogP contribution is 2.31. The molecule has 0 aliphatic carbocycles. The molecule has 0 saturated carbocycles. The Labute approximate surface area is 177 Å². The van der Waals surface area contributed by atoms with E-state index in [1.54, 1.807) is 21.0 Å². The maximum atomic E-state index is 13.0. The van der Waals surface area contributed by atoms with Crippen molar-refractivity contribution in [1.82, 2.24) is 14.8 Å². The van der Waals surface area contributed by atoms with E-state index < -0.39 is 10.0 Å². The number of carbonyl (C=O) groups is 1. The monoisotopic (exact) mass is 435 g/mol. The molecular formula is C21H29N3O5S. The first-order chi connectivity index (χ1) is 14.3. The van der Waals surface area contributed by atoms with Gasteiger partial charge in [0, 0.05) is 19.5 Å². The molecule has 8 nitrogen and oxygen atoms in total. The van der Waals surface area contributed by atoms with Crippen LogP contribution >= 0.6 is 0 Å². The van der Waals surface area contributed by atoms with Gasteiger partial charge in [0.15, 0.2) is 5.76 Å². The van der Waals surface area contributed by atoms with Crippen molar-refractivity contribution in [2.24, 2.45) is 0 Å². The summed E-state index contributed by atoms with van der Waals surface area (Å²) in [6.45, 7) is 3.83. The SMILES string of the molecule is COc1ccc([C@H]2CCCCCN2C(=O)CCNS(=O)(=O)c2c(C)noc2C)cc1. The average Bonchev–Trinajstić information content (AvgIpc) is 2.93. The second-order valence-corrected chi connectivity index (χ2v) is 9.23. The van der Waals surface area contributed by atoms with Gasteiger partial charge in [0.05, 0.1) is 13.2 Å². The number of aromatic nitrogens is 1. The van der Waals surface area contributed by atoms with E-state index in [4.69, 9.17) is 9.26 Å². The molecule has 2 heterocycles. The van der Waals surface area contributed by atoms with Crippen LogP contribution in [-0.4, -0.2) is 44.6 Å². The fraction of sp³-hybridized carbons (Fsp3) is 0.524. The number of hydrogen-bond donors (Lipinski definition) is 1. The van der Waals surface area contributed by atoms with E-state index in [1.807, 2.05) is 29.2 Å². The van der Waals surface area contributed by atoms with Crippen LogP contribution in [0.1, 0.15) is 55.2 Å². The third kappa shape index (κ3) is 5.02. The Balaban J connectivity index is 1.67. The van der Waals surface area contributed by atoms with Crippen LogP contribution in [0.3, 0.4) is 0 Å². The maximum Gasteiger partial charge on any atom is 0.245 e. The Hall–Kier alpha value is -2.39. The van der Waals surface area contributed by atoms with Crippen molar-refractivity contribution in [3.05, 3.63) is 41.3 Å². The number of carbonyl (C=O) groups excluding carboxylic acids is 1. The number of benzene rings is 1. The first-order valence-corrected chi connectivity index (χ1v) is 11.7. The van der Waals surface area contributed by atoms with Crippen molar-refractivity contribution >= 4 is 15.9 Å². The largest absolute Gasteiger partial charge is 0.497 e. The molecule has 1 saturated heterocycles. The maximum absolute atomic E-state index is 13.0. The summed E-state index contributed by atoms with van der Waals surface area (Å²) in [7, 11) is -2.15. The molecule has 1 aliphatic heterocycles. The van der Waals surface area contributed by atoms with Crippen LogP contribution in [0.4, 0.5) is 0 Å². The minimum atomic E-state index is -3.78. The van der Waals surface area contributed by atoms with Gasteiger partial charge in [-0.1, -0.05) is 30.1 Å². The van der Waals surface area contributed by atoms with Crippen LogP contribution in [0.5, 0.6) is 5.75 Å². The number of hydrogen-bond acceptors (Lipinski definition) is 6. The molecule has 1 aromatic carbocycles. The van der Waals surface area contributed by atoms with Gasteiger partial charge in [-0.25, -0.2) is 13.1 Å². The fourth-order valence-corrected chi connectivity index (χ4v) is 5.30. The predicted octanol–water partition coefficient (Wildman–Crippen LogP) is 3.11. The molecule has 1 fully saturated rings. The van der Waals surface area contributed by atoms with E-state index >= 15 is 0 Å². The van der Waals surface area contributed by atoms with E-state index in [-0.39, 0.29) is 35.6 Å². The third-order valence-electron chi connectivity index (χ3n) is 5.44. The van der Waals surface area contributed by atoms with Crippen molar-refractivity contribution in [2.45, 2.75) is 56.9 Å². The Morgan fingerprint density at radius 3 is 2.60 bits per heavy atom.